The third-order valence-electron chi connectivity index (χ3n) is 6.24. The van der Waals surface area contributed by atoms with Crippen molar-refractivity contribution in [2.24, 2.45) is 7.05 Å². The number of benzene rings is 1. The third kappa shape index (κ3) is 5.38. The average molecular weight is 600 g/mol. The molecule has 5 N–H and O–H groups in total. The molecule has 1 aromatic carbocycles. The van der Waals surface area contributed by atoms with Gasteiger partial charge in [-0.1, -0.05) is 42.1 Å². The first-order valence-corrected chi connectivity index (χ1v) is 13.9. The molecular weight excluding hydrogens is 578 g/mol. The highest BCUT2D eigenvalue weighted by Crippen LogP contribution is 2.41. The summed E-state index contributed by atoms with van der Waals surface area (Å²) in [6.07, 6.45) is 1.04. The van der Waals surface area contributed by atoms with Gasteiger partial charge in [-0.15, -0.1) is 16.9 Å². The van der Waals surface area contributed by atoms with Crippen molar-refractivity contribution in [1.29, 1.82) is 0 Å². The van der Waals surface area contributed by atoms with E-state index in [4.69, 9.17) is 0 Å². The largest absolute Gasteiger partial charge is 0.477 e. The van der Waals surface area contributed by atoms with Gasteiger partial charge in [-0.25, -0.2) is 19.3 Å². The van der Waals surface area contributed by atoms with E-state index in [-0.39, 0.29) is 22.9 Å². The van der Waals surface area contributed by atoms with Crippen LogP contribution in [0, 0.1) is 0 Å². The number of carbonyl (C=O) groups is 5. The fourth-order valence-corrected chi connectivity index (χ4v) is 6.64. The number of fused-ring (bicyclic) bond motifs is 1. The van der Waals surface area contributed by atoms with E-state index in [1.54, 1.807) is 37.4 Å². The number of aromatic nitrogens is 6. The quantitative estimate of drug-likeness (QED) is 0.148. The number of nitrogens with one attached hydrogen (secondary N) is 3. The van der Waals surface area contributed by atoms with Crippen LogP contribution in [0.25, 0.3) is 0 Å². The highest BCUT2D eigenvalue weighted by atomic mass is 32.2. The summed E-state index contributed by atoms with van der Waals surface area (Å²) >= 11 is 2.52. The number of hydrogen-bond donors (Lipinski definition) is 5. The number of amides is 3. The Hall–Kier alpha value is -4.71. The number of carboxylic acids is 2. The number of imidazole rings is 1. The van der Waals surface area contributed by atoms with Gasteiger partial charge < -0.3 is 25.8 Å². The fourth-order valence-electron chi connectivity index (χ4n) is 4.30. The van der Waals surface area contributed by atoms with E-state index in [1.807, 2.05) is 0 Å². The van der Waals surface area contributed by atoms with E-state index in [0.717, 1.165) is 11.2 Å². The molecular formula is C23H21N9O7S2. The number of nitrogens with zero attached hydrogens (tertiary/aromatic N) is 6. The van der Waals surface area contributed by atoms with Crippen LogP contribution in [-0.4, -0.2) is 97.9 Å². The summed E-state index contributed by atoms with van der Waals surface area (Å²) in [5.41, 5.74) is -0.138. The molecule has 1 fully saturated rings. The summed E-state index contributed by atoms with van der Waals surface area (Å²) in [5.74, 6) is -4.42. The molecule has 2 aromatic heterocycles. The monoisotopic (exact) mass is 599 g/mol. The van der Waals surface area contributed by atoms with Crippen molar-refractivity contribution < 1.29 is 34.2 Å². The Balaban J connectivity index is 1.33. The van der Waals surface area contributed by atoms with Crippen molar-refractivity contribution in [2.75, 3.05) is 11.5 Å². The fraction of sp³-hybridized carbons (Fsp3) is 0.261. The van der Waals surface area contributed by atoms with Crippen molar-refractivity contribution >= 4 is 53.2 Å². The predicted molar refractivity (Wildman–Crippen MR) is 141 cm³/mol. The Morgan fingerprint density at radius 1 is 1.20 bits per heavy atom. The number of hydrogen-bond acceptors (Lipinski definition) is 11. The van der Waals surface area contributed by atoms with Gasteiger partial charge in [-0.05, 0) is 21.6 Å². The first kappa shape index (κ1) is 27.8. The van der Waals surface area contributed by atoms with Crippen LogP contribution in [0.15, 0.2) is 53.1 Å². The van der Waals surface area contributed by atoms with Gasteiger partial charge in [0.2, 0.25) is 11.1 Å². The Morgan fingerprint density at radius 3 is 2.61 bits per heavy atom. The first-order valence-electron chi connectivity index (χ1n) is 11.8. The van der Waals surface area contributed by atoms with E-state index in [1.165, 1.54) is 28.2 Å². The number of carboxylic acid groups (broad SMARTS) is 2. The average Bonchev–Trinajstić information content (AvgIpc) is 3.62. The summed E-state index contributed by atoms with van der Waals surface area (Å²) in [7, 11) is 1.65. The third-order valence-corrected chi connectivity index (χ3v) is 8.68. The van der Waals surface area contributed by atoms with Gasteiger partial charge in [-0.2, -0.15) is 0 Å². The van der Waals surface area contributed by atoms with Crippen molar-refractivity contribution in [3.05, 3.63) is 64.9 Å². The molecule has 1 saturated heterocycles. The minimum Gasteiger partial charge on any atom is -0.477 e. The summed E-state index contributed by atoms with van der Waals surface area (Å²) in [4.78, 5) is 70.3. The van der Waals surface area contributed by atoms with Crippen molar-refractivity contribution in [2.45, 2.75) is 22.6 Å². The molecule has 2 aliphatic heterocycles. The number of H-pyrrole nitrogens is 1. The number of carbonyl (C=O) groups excluding carboxylic acids is 3. The highest BCUT2D eigenvalue weighted by Gasteiger charge is 2.54. The molecule has 212 valence electrons. The Bertz CT molecular complexity index is 1570. The highest BCUT2D eigenvalue weighted by molar-refractivity contribution is 8.01. The molecule has 1 unspecified atom stereocenters. The maximum Gasteiger partial charge on any atom is 0.356 e. The molecule has 0 saturated carbocycles. The second-order valence-corrected chi connectivity index (χ2v) is 10.8. The van der Waals surface area contributed by atoms with Gasteiger partial charge in [0.15, 0.2) is 5.69 Å². The van der Waals surface area contributed by atoms with Gasteiger partial charge >= 0.3 is 11.9 Å². The second kappa shape index (κ2) is 11.4. The summed E-state index contributed by atoms with van der Waals surface area (Å²) in [6, 6.07) is 5.82. The van der Waals surface area contributed by atoms with E-state index in [2.05, 4.69) is 36.1 Å². The minimum atomic E-state index is -1.43. The number of aromatic amines is 1. The summed E-state index contributed by atoms with van der Waals surface area (Å²) < 4.78 is 1.45. The van der Waals surface area contributed by atoms with Gasteiger partial charge in [0.1, 0.15) is 28.8 Å². The molecule has 18 heteroatoms. The van der Waals surface area contributed by atoms with Crippen LogP contribution in [0.3, 0.4) is 0 Å². The lowest BCUT2D eigenvalue weighted by atomic mass is 10.0. The van der Waals surface area contributed by atoms with E-state index in [9.17, 15) is 34.2 Å². The second-order valence-electron chi connectivity index (χ2n) is 8.78. The topological polar surface area (TPSA) is 225 Å². The molecule has 0 aliphatic carbocycles. The smallest absolute Gasteiger partial charge is 0.356 e. The molecule has 5 rings (SSSR count). The van der Waals surface area contributed by atoms with E-state index < -0.39 is 52.8 Å². The number of β-lactam (4-membered cyclic amide) rings is 1. The minimum absolute atomic E-state index is 0.153. The van der Waals surface area contributed by atoms with Crippen LogP contribution in [0.1, 0.15) is 32.6 Å². The predicted octanol–water partition coefficient (Wildman–Crippen LogP) is -0.367. The number of aryl methyl sites for hydroxylation is 1. The molecule has 3 amide bonds. The summed E-state index contributed by atoms with van der Waals surface area (Å²) in [5, 5.41) is 35.3. The number of aromatic carboxylic acids is 1. The van der Waals surface area contributed by atoms with Crippen LogP contribution in [0.4, 0.5) is 0 Å². The SMILES string of the molecule is Cn1nnnc1SCC1=C(C(=O)O)N2C(=O)[C@@H](NC(=O)C(NC(=O)c3[nH]cnc3C(=O)O)c3ccccc3)[C@@H]2SC1. The lowest BCUT2D eigenvalue weighted by molar-refractivity contribution is -0.151. The molecule has 0 spiro atoms. The number of tetrazole rings is 1. The van der Waals surface area contributed by atoms with Gasteiger partial charge in [0.25, 0.3) is 11.8 Å². The van der Waals surface area contributed by atoms with Crippen molar-refractivity contribution in [3.63, 3.8) is 0 Å². The first-order chi connectivity index (χ1) is 19.7. The van der Waals surface area contributed by atoms with Crippen LogP contribution in [-0.2, 0) is 21.4 Å². The maximum atomic E-state index is 13.4. The van der Waals surface area contributed by atoms with Crippen LogP contribution in [0.2, 0.25) is 0 Å². The van der Waals surface area contributed by atoms with Crippen LogP contribution < -0.4 is 10.6 Å². The zero-order valence-corrected chi connectivity index (χ0v) is 22.7. The van der Waals surface area contributed by atoms with Crippen LogP contribution in [0.5, 0.6) is 0 Å². The lowest BCUT2D eigenvalue weighted by Crippen LogP contribution is -2.71. The molecule has 3 aromatic rings. The molecule has 2 aliphatic rings. The van der Waals surface area contributed by atoms with Crippen molar-refractivity contribution in [1.82, 2.24) is 45.7 Å². The Labute approximate surface area is 239 Å². The standard InChI is InChI=1S/C23H21N9O7S2/c1-31-23(28-29-30-31)41-8-11-7-40-20-15(19(35)32(20)16(11)22(38)39)27-17(33)12(10-5-3-2-4-6-10)26-18(34)13-14(21(36)37)25-9-24-13/h2-6,9,12,15,20H,7-8H2,1H3,(H,24,25)(H,26,34)(H,27,33)(H,36,37)(H,38,39)/t12?,15-,20+/m1/s1. The van der Waals surface area contributed by atoms with Crippen molar-refractivity contribution in [3.8, 4) is 0 Å². The van der Waals surface area contributed by atoms with E-state index >= 15 is 0 Å². The zero-order chi connectivity index (χ0) is 29.3. The molecule has 16 nitrogen and oxygen atoms in total. The molecule has 4 heterocycles. The Kier molecular flexibility index (Phi) is 7.75. The molecule has 41 heavy (non-hydrogen) atoms. The number of thioether (sulfide) groups is 2. The van der Waals surface area contributed by atoms with Crippen LogP contribution >= 0.6 is 23.5 Å². The molecule has 3 atom stereocenters. The summed E-state index contributed by atoms with van der Waals surface area (Å²) in [6.45, 7) is 0. The Morgan fingerprint density at radius 2 is 1.95 bits per heavy atom. The van der Waals surface area contributed by atoms with Gasteiger partial charge in [-0.3, -0.25) is 19.3 Å². The van der Waals surface area contributed by atoms with Gasteiger partial charge in [0, 0.05) is 18.6 Å². The number of aliphatic carboxylic acids is 1. The van der Waals surface area contributed by atoms with E-state index in [0.29, 0.717) is 16.3 Å². The maximum absolute atomic E-state index is 13.4. The van der Waals surface area contributed by atoms with Gasteiger partial charge in [0.05, 0.1) is 6.33 Å². The normalized spacial score (nSPS) is 18.8. The molecule has 0 radical (unpaired) electrons. The molecule has 0 bridgehead atoms. The lowest BCUT2D eigenvalue weighted by Gasteiger charge is -2.49. The number of rotatable bonds is 10. The zero-order valence-electron chi connectivity index (χ0n) is 21.0.